The number of amides is 3. The number of nitrogens with one attached hydrogen (secondary N) is 3. The van der Waals surface area contributed by atoms with Gasteiger partial charge in [0.2, 0.25) is 17.7 Å². The number of carbonyl (C=O) groups excluding carboxylic acids is 3. The molecule has 154 valence electrons. The van der Waals surface area contributed by atoms with E-state index < -0.39 is 35.5 Å². The molecule has 0 spiro atoms. The van der Waals surface area contributed by atoms with E-state index >= 15 is 0 Å². The Balaban J connectivity index is 2.21. The zero-order chi connectivity index (χ0) is 21.6. The van der Waals surface area contributed by atoms with Crippen molar-refractivity contribution >= 4 is 17.7 Å². The summed E-state index contributed by atoms with van der Waals surface area (Å²) >= 11 is 0. The van der Waals surface area contributed by atoms with Crippen molar-refractivity contribution in [2.24, 2.45) is 0 Å². The van der Waals surface area contributed by atoms with E-state index in [1.807, 2.05) is 19.1 Å². The maximum Gasteiger partial charge on any atom is 0.246 e. The van der Waals surface area contributed by atoms with Crippen molar-refractivity contribution < 1.29 is 23.2 Å². The van der Waals surface area contributed by atoms with Gasteiger partial charge in [0, 0.05) is 14.0 Å². The molecular formula is C21H23F2N3O3. The second kappa shape index (κ2) is 9.77. The molecule has 0 aliphatic carbocycles. The average Bonchev–Trinajstić information content (AvgIpc) is 2.67. The zero-order valence-corrected chi connectivity index (χ0v) is 16.4. The lowest BCUT2D eigenvalue weighted by molar-refractivity contribution is -0.129. The maximum absolute atomic E-state index is 13.6. The first-order valence-corrected chi connectivity index (χ1v) is 9.00. The van der Waals surface area contributed by atoms with Crippen LogP contribution in [0, 0.1) is 18.6 Å². The second-order valence-corrected chi connectivity index (χ2v) is 6.66. The second-order valence-electron chi connectivity index (χ2n) is 6.66. The highest BCUT2D eigenvalue weighted by Crippen LogP contribution is 2.20. The van der Waals surface area contributed by atoms with Gasteiger partial charge >= 0.3 is 0 Å². The lowest BCUT2D eigenvalue weighted by atomic mass is 10.0. The van der Waals surface area contributed by atoms with Crippen molar-refractivity contribution in [2.75, 3.05) is 7.05 Å². The molecule has 3 amide bonds. The van der Waals surface area contributed by atoms with Crippen molar-refractivity contribution in [3.8, 4) is 0 Å². The number of rotatable bonds is 7. The van der Waals surface area contributed by atoms with Crippen molar-refractivity contribution in [1.82, 2.24) is 16.0 Å². The number of likely N-dealkylation sites (N-methyl/N-ethyl adjacent to an activating group) is 1. The van der Waals surface area contributed by atoms with Crippen molar-refractivity contribution in [3.63, 3.8) is 0 Å². The fraction of sp³-hybridized carbons (Fsp3) is 0.286. The van der Waals surface area contributed by atoms with E-state index in [0.29, 0.717) is 0 Å². The third kappa shape index (κ3) is 6.10. The molecule has 2 atom stereocenters. The zero-order valence-electron chi connectivity index (χ0n) is 16.4. The summed E-state index contributed by atoms with van der Waals surface area (Å²) in [6.07, 6.45) is -0.139. The van der Waals surface area contributed by atoms with Gasteiger partial charge in [-0.15, -0.1) is 0 Å². The van der Waals surface area contributed by atoms with E-state index in [1.54, 1.807) is 12.1 Å². The Bertz CT molecular complexity index is 901. The minimum atomic E-state index is -1.21. The van der Waals surface area contributed by atoms with Crippen LogP contribution in [0.4, 0.5) is 8.78 Å². The van der Waals surface area contributed by atoms with Gasteiger partial charge in [0.15, 0.2) is 11.6 Å². The summed E-state index contributed by atoms with van der Waals surface area (Å²) in [4.78, 5) is 36.4. The Morgan fingerprint density at radius 3 is 2.10 bits per heavy atom. The molecule has 2 rings (SSSR count). The topological polar surface area (TPSA) is 87.3 Å². The normalized spacial score (nSPS) is 12.6. The molecule has 0 aliphatic heterocycles. The third-order valence-electron chi connectivity index (χ3n) is 4.34. The molecule has 2 unspecified atom stereocenters. The predicted octanol–water partition coefficient (Wildman–Crippen LogP) is 2.44. The van der Waals surface area contributed by atoms with E-state index in [9.17, 15) is 23.2 Å². The number of halogens is 2. The number of hydrogen-bond donors (Lipinski definition) is 3. The monoisotopic (exact) mass is 403 g/mol. The molecule has 0 saturated carbocycles. The van der Waals surface area contributed by atoms with E-state index in [1.165, 1.54) is 20.0 Å². The standard InChI is InChI=1S/C21H23F2N3O3/c1-12-4-6-14(7-5-12)18(25-13(2)27)11-19(28)26-20(21(29)24-3)15-8-9-16(22)17(23)10-15/h4-10,18,20H,11H2,1-3H3,(H,24,29)(H,25,27)(H,26,28). The Morgan fingerprint density at radius 2 is 1.55 bits per heavy atom. The number of aryl methyl sites for hydroxylation is 1. The highest BCUT2D eigenvalue weighted by molar-refractivity contribution is 5.89. The Labute approximate surface area is 167 Å². The summed E-state index contributed by atoms with van der Waals surface area (Å²) in [5.41, 5.74) is 1.85. The molecule has 8 heteroatoms. The minimum absolute atomic E-state index is 0.100. The molecule has 0 bridgehead atoms. The summed E-state index contributed by atoms with van der Waals surface area (Å²) in [5.74, 6) is -3.62. The Hall–Kier alpha value is -3.29. The Kier molecular flexibility index (Phi) is 7.41. The molecule has 0 fully saturated rings. The first kappa shape index (κ1) is 22.0. The van der Waals surface area contributed by atoms with Crippen LogP contribution in [0.5, 0.6) is 0 Å². The van der Waals surface area contributed by atoms with Gasteiger partial charge in [-0.2, -0.15) is 0 Å². The van der Waals surface area contributed by atoms with Gasteiger partial charge in [-0.3, -0.25) is 14.4 Å². The quantitative estimate of drug-likeness (QED) is 0.664. The first-order valence-electron chi connectivity index (χ1n) is 9.00. The molecule has 3 N–H and O–H groups in total. The Morgan fingerprint density at radius 1 is 0.931 bits per heavy atom. The van der Waals surface area contributed by atoms with E-state index in [4.69, 9.17) is 0 Å². The molecule has 6 nitrogen and oxygen atoms in total. The van der Waals surface area contributed by atoms with Gasteiger partial charge in [-0.05, 0) is 30.2 Å². The van der Waals surface area contributed by atoms with Gasteiger partial charge in [-0.1, -0.05) is 35.9 Å². The van der Waals surface area contributed by atoms with Crippen LogP contribution in [0.3, 0.4) is 0 Å². The van der Waals surface area contributed by atoms with Gasteiger partial charge in [0.1, 0.15) is 6.04 Å². The third-order valence-corrected chi connectivity index (χ3v) is 4.34. The fourth-order valence-corrected chi connectivity index (χ4v) is 2.84. The van der Waals surface area contributed by atoms with Gasteiger partial charge in [-0.25, -0.2) is 8.78 Å². The van der Waals surface area contributed by atoms with Gasteiger partial charge in [0.05, 0.1) is 12.5 Å². The SMILES string of the molecule is CNC(=O)C(NC(=O)CC(NC(C)=O)c1ccc(C)cc1)c1ccc(F)c(F)c1. The predicted molar refractivity (Wildman–Crippen MR) is 104 cm³/mol. The number of benzene rings is 2. The van der Waals surface area contributed by atoms with Crippen LogP contribution in [0.15, 0.2) is 42.5 Å². The largest absolute Gasteiger partial charge is 0.357 e. The first-order chi connectivity index (χ1) is 13.7. The van der Waals surface area contributed by atoms with Crippen LogP contribution in [-0.2, 0) is 14.4 Å². The average molecular weight is 403 g/mol. The van der Waals surface area contributed by atoms with Crippen LogP contribution < -0.4 is 16.0 Å². The minimum Gasteiger partial charge on any atom is -0.357 e. The van der Waals surface area contributed by atoms with Crippen LogP contribution >= 0.6 is 0 Å². The molecule has 0 heterocycles. The van der Waals surface area contributed by atoms with Crippen LogP contribution in [0.25, 0.3) is 0 Å². The molecule has 0 saturated heterocycles. The lowest BCUT2D eigenvalue weighted by Crippen LogP contribution is -2.40. The molecule has 0 radical (unpaired) electrons. The van der Waals surface area contributed by atoms with Crippen molar-refractivity contribution in [3.05, 3.63) is 70.8 Å². The summed E-state index contributed by atoms with van der Waals surface area (Å²) in [5, 5.41) is 7.62. The number of carbonyl (C=O) groups is 3. The summed E-state index contributed by atoms with van der Waals surface area (Å²) in [6, 6.07) is 8.47. The molecule has 29 heavy (non-hydrogen) atoms. The molecule has 0 aromatic heterocycles. The summed E-state index contributed by atoms with van der Waals surface area (Å²) < 4.78 is 26.8. The lowest BCUT2D eigenvalue weighted by Gasteiger charge is -2.22. The molecule has 2 aromatic carbocycles. The van der Waals surface area contributed by atoms with Gasteiger partial charge < -0.3 is 16.0 Å². The summed E-state index contributed by atoms with van der Waals surface area (Å²) in [7, 11) is 1.37. The molecule has 0 aliphatic rings. The van der Waals surface area contributed by atoms with Crippen LogP contribution in [-0.4, -0.2) is 24.8 Å². The van der Waals surface area contributed by atoms with Crippen molar-refractivity contribution in [1.29, 1.82) is 0 Å². The number of hydrogen-bond acceptors (Lipinski definition) is 3. The van der Waals surface area contributed by atoms with E-state index in [0.717, 1.165) is 23.3 Å². The van der Waals surface area contributed by atoms with Gasteiger partial charge in [0.25, 0.3) is 0 Å². The smallest absolute Gasteiger partial charge is 0.246 e. The highest BCUT2D eigenvalue weighted by Gasteiger charge is 2.25. The molecule has 2 aromatic rings. The highest BCUT2D eigenvalue weighted by atomic mass is 19.2. The molecular weight excluding hydrogens is 380 g/mol. The van der Waals surface area contributed by atoms with Crippen molar-refractivity contribution in [2.45, 2.75) is 32.4 Å². The summed E-state index contributed by atoms with van der Waals surface area (Å²) in [6.45, 7) is 3.26. The van der Waals surface area contributed by atoms with E-state index in [2.05, 4.69) is 16.0 Å². The maximum atomic E-state index is 13.6. The van der Waals surface area contributed by atoms with E-state index in [-0.39, 0.29) is 17.9 Å². The fourth-order valence-electron chi connectivity index (χ4n) is 2.84. The van der Waals surface area contributed by atoms with Crippen LogP contribution in [0.2, 0.25) is 0 Å². The van der Waals surface area contributed by atoms with Crippen LogP contribution in [0.1, 0.15) is 42.1 Å².